The summed E-state index contributed by atoms with van der Waals surface area (Å²) in [6.45, 7) is 0. The molecule has 0 atom stereocenters. The van der Waals surface area contributed by atoms with Gasteiger partial charge in [0.25, 0.3) is 0 Å². The number of carbonyl (C=O) groups excluding carboxylic acids is 1. The minimum Gasteiger partial charge on any atom is -0.303 e. The molecule has 0 aliphatic rings. The first-order valence-electron chi connectivity index (χ1n) is 2.98. The summed E-state index contributed by atoms with van der Waals surface area (Å²) in [5.74, 6) is -6.17. The molecular formula is C4H3F9OS. The number of halogens is 9. The highest BCUT2D eigenvalue weighted by molar-refractivity contribution is 8.46. The molecule has 0 bridgehead atoms. The van der Waals surface area contributed by atoms with Gasteiger partial charge in [-0.15, -0.1) is 0 Å². The second-order valence-corrected chi connectivity index (χ2v) is 5.01. The summed E-state index contributed by atoms with van der Waals surface area (Å²) >= 11 is 0. The van der Waals surface area contributed by atoms with Crippen LogP contribution in [0, 0.1) is 0 Å². The maximum absolute atomic E-state index is 12.0. The van der Waals surface area contributed by atoms with E-state index in [1.807, 2.05) is 0 Å². The number of aldehydes is 1. The van der Waals surface area contributed by atoms with E-state index >= 15 is 0 Å². The molecule has 1 nitrogen and oxygen atoms in total. The van der Waals surface area contributed by atoms with Gasteiger partial charge in [-0.05, 0) is 0 Å². The lowest BCUT2D eigenvalue weighted by molar-refractivity contribution is -0.177. The largest absolute Gasteiger partial charge is 0.443 e. The van der Waals surface area contributed by atoms with Gasteiger partial charge < -0.3 is 4.79 Å². The molecule has 0 aliphatic heterocycles. The second kappa shape index (κ2) is 2.55. The number of hydrogen-bond acceptors (Lipinski definition) is 1. The molecule has 0 aromatic rings. The molecule has 0 heterocycles. The summed E-state index contributed by atoms with van der Waals surface area (Å²) < 4.78 is 105. The Morgan fingerprint density at radius 2 is 1.27 bits per heavy atom. The average Bonchev–Trinajstić information content (AvgIpc) is 1.80. The lowest BCUT2D eigenvalue weighted by Gasteiger charge is -2.47. The van der Waals surface area contributed by atoms with Crippen molar-refractivity contribution in [1.82, 2.24) is 0 Å². The van der Waals surface area contributed by atoms with Crippen molar-refractivity contribution >= 4 is 16.5 Å². The predicted octanol–water partition coefficient (Wildman–Crippen LogP) is 4.10. The Hall–Kier alpha value is -0.610. The second-order valence-electron chi connectivity index (χ2n) is 2.56. The Kier molecular flexibility index (Phi) is 2.45. The molecule has 0 fully saturated rings. The molecule has 0 saturated carbocycles. The van der Waals surface area contributed by atoms with Crippen LogP contribution in [-0.4, -0.2) is 17.5 Å². The summed E-state index contributed by atoms with van der Waals surface area (Å²) in [6.07, 6.45) is -3.65. The van der Waals surface area contributed by atoms with Crippen molar-refractivity contribution in [3.63, 3.8) is 0 Å². The molecule has 0 unspecified atom stereocenters. The van der Waals surface area contributed by atoms with E-state index in [2.05, 4.69) is 0 Å². The smallest absolute Gasteiger partial charge is 0.303 e. The van der Waals surface area contributed by atoms with Gasteiger partial charge in [0, 0.05) is 0 Å². The van der Waals surface area contributed by atoms with Crippen LogP contribution in [0.4, 0.5) is 37.0 Å². The third-order valence-electron chi connectivity index (χ3n) is 1.25. The quantitative estimate of drug-likeness (QED) is 0.555. The lowest BCUT2D eigenvalue weighted by Crippen LogP contribution is -2.49. The van der Waals surface area contributed by atoms with Crippen LogP contribution in [0.3, 0.4) is 0 Å². The Balaban J connectivity index is 5.64. The number of carbonyl (C=O) groups is 1. The number of alkyl halides is 4. The zero-order valence-electron chi connectivity index (χ0n) is 6.50. The summed E-state index contributed by atoms with van der Waals surface area (Å²) in [5.41, 5.74) is 0. The van der Waals surface area contributed by atoms with Crippen molar-refractivity contribution in [2.24, 2.45) is 0 Å². The van der Waals surface area contributed by atoms with Crippen LogP contribution < -0.4 is 0 Å². The van der Waals surface area contributed by atoms with Crippen LogP contribution in [0.2, 0.25) is 0 Å². The van der Waals surface area contributed by atoms with Crippen molar-refractivity contribution in [2.45, 2.75) is 17.6 Å². The van der Waals surface area contributed by atoms with Crippen LogP contribution in [-0.2, 0) is 4.79 Å². The Morgan fingerprint density at radius 3 is 1.47 bits per heavy atom. The van der Waals surface area contributed by atoms with Gasteiger partial charge in [0.2, 0.25) is 0 Å². The maximum atomic E-state index is 12.0. The molecule has 0 N–H and O–H groups in total. The van der Waals surface area contributed by atoms with Gasteiger partial charge in [0.1, 0.15) is 6.29 Å². The van der Waals surface area contributed by atoms with Crippen molar-refractivity contribution in [3.05, 3.63) is 0 Å². The third-order valence-corrected chi connectivity index (χ3v) is 2.52. The van der Waals surface area contributed by atoms with Gasteiger partial charge in [-0.1, -0.05) is 19.4 Å². The van der Waals surface area contributed by atoms with Crippen LogP contribution in [0.25, 0.3) is 0 Å². The van der Waals surface area contributed by atoms with Crippen LogP contribution >= 0.6 is 10.2 Å². The van der Waals surface area contributed by atoms with E-state index in [0.717, 1.165) is 0 Å². The minimum absolute atomic E-state index is 1.00. The summed E-state index contributed by atoms with van der Waals surface area (Å²) in [6, 6.07) is 0. The molecular weight excluding hydrogens is 267 g/mol. The first kappa shape index (κ1) is 14.4. The van der Waals surface area contributed by atoms with Crippen LogP contribution in [0.5, 0.6) is 0 Å². The fraction of sp³-hybridized carbons (Fsp3) is 0.750. The van der Waals surface area contributed by atoms with E-state index in [1.54, 1.807) is 0 Å². The van der Waals surface area contributed by atoms with E-state index in [9.17, 15) is 41.8 Å². The van der Waals surface area contributed by atoms with E-state index in [1.165, 1.54) is 0 Å². The van der Waals surface area contributed by atoms with E-state index < -0.39 is 34.1 Å². The molecule has 15 heavy (non-hydrogen) atoms. The highest BCUT2D eigenvalue weighted by Gasteiger charge is 2.90. The van der Waals surface area contributed by atoms with Gasteiger partial charge in [0.15, 0.2) is 0 Å². The van der Waals surface area contributed by atoms with Gasteiger partial charge in [0.05, 0.1) is 6.42 Å². The van der Waals surface area contributed by atoms with E-state index in [4.69, 9.17) is 0 Å². The Morgan fingerprint density at radius 1 is 0.933 bits per heavy atom. The van der Waals surface area contributed by atoms with E-state index in [-0.39, 0.29) is 0 Å². The summed E-state index contributed by atoms with van der Waals surface area (Å²) in [4.78, 5) is 9.39. The average molecular weight is 270 g/mol. The lowest BCUT2D eigenvalue weighted by atomic mass is 10.3. The standard InChI is InChI=1S/C4H3F9OS/c5-3(6,1-2-14)4(7,8)15(9,10,11,12)13/h2H,1H2. The van der Waals surface area contributed by atoms with Gasteiger partial charge in [-0.2, -0.15) is 17.6 Å². The fourth-order valence-corrected chi connectivity index (χ4v) is 1.15. The normalized spacial score (nSPS) is 19.3. The molecule has 0 spiro atoms. The molecule has 0 aromatic carbocycles. The van der Waals surface area contributed by atoms with Crippen LogP contribution in [0.15, 0.2) is 0 Å². The molecule has 0 aromatic heterocycles. The monoisotopic (exact) mass is 270 g/mol. The Labute approximate surface area is 77.0 Å². The maximum Gasteiger partial charge on any atom is 0.443 e. The molecule has 94 valence electrons. The first-order valence-corrected chi connectivity index (χ1v) is 4.93. The number of hydrogen-bond donors (Lipinski definition) is 0. The highest BCUT2D eigenvalue weighted by Crippen LogP contribution is 3.05. The van der Waals surface area contributed by atoms with E-state index in [0.29, 0.717) is 0 Å². The fourth-order valence-electron chi connectivity index (χ4n) is 0.506. The zero-order valence-corrected chi connectivity index (χ0v) is 7.32. The van der Waals surface area contributed by atoms with Gasteiger partial charge >= 0.3 is 21.4 Å². The SMILES string of the molecule is O=CCC(F)(F)C(F)(F)S(F)(F)(F)(F)F. The molecule has 0 radical (unpaired) electrons. The van der Waals surface area contributed by atoms with Crippen molar-refractivity contribution < 1.29 is 41.8 Å². The van der Waals surface area contributed by atoms with Gasteiger partial charge in [-0.25, -0.2) is 0 Å². The van der Waals surface area contributed by atoms with Crippen molar-refractivity contribution in [3.8, 4) is 0 Å². The van der Waals surface area contributed by atoms with Gasteiger partial charge in [-0.3, -0.25) is 0 Å². The molecule has 0 amide bonds. The Bertz CT molecular complexity index is 274. The van der Waals surface area contributed by atoms with Crippen LogP contribution in [0.1, 0.15) is 6.42 Å². The highest BCUT2D eigenvalue weighted by atomic mass is 32.5. The summed E-state index contributed by atoms with van der Waals surface area (Å²) in [5, 5.41) is -7.52. The molecule has 11 heteroatoms. The molecule has 0 rings (SSSR count). The van der Waals surface area contributed by atoms with Crippen molar-refractivity contribution in [2.75, 3.05) is 0 Å². The van der Waals surface area contributed by atoms with Crippen molar-refractivity contribution in [1.29, 1.82) is 0 Å². The number of rotatable bonds is 4. The molecule has 0 aliphatic carbocycles. The first-order chi connectivity index (χ1) is 6.06. The minimum atomic E-state index is -11.7. The third kappa shape index (κ3) is 2.32. The zero-order chi connectivity index (χ0) is 12.8. The predicted molar refractivity (Wildman–Crippen MR) is 33.7 cm³/mol. The molecule has 0 saturated heterocycles. The topological polar surface area (TPSA) is 17.1 Å². The summed E-state index contributed by atoms with van der Waals surface area (Å²) in [7, 11) is -11.7.